The smallest absolute Gasteiger partial charge is 0.268 e. The topological polar surface area (TPSA) is 129 Å². The molecule has 9 heteroatoms. The van der Waals surface area contributed by atoms with Gasteiger partial charge in [0.15, 0.2) is 5.84 Å². The number of aryl methyl sites for hydroxylation is 2. The van der Waals surface area contributed by atoms with Crippen molar-refractivity contribution in [2.24, 2.45) is 10.9 Å². The molecule has 0 aromatic carbocycles. The van der Waals surface area contributed by atoms with Gasteiger partial charge in [-0.2, -0.15) is 5.10 Å². The zero-order chi connectivity index (χ0) is 14.0. The number of nitrogens with zero attached hydrogens (tertiary/aromatic N) is 3. The summed E-state index contributed by atoms with van der Waals surface area (Å²) in [5.41, 5.74) is 6.44. The second kappa shape index (κ2) is 5.06. The number of rotatable bonds is 3. The molecule has 19 heavy (non-hydrogen) atoms. The van der Waals surface area contributed by atoms with E-state index in [9.17, 15) is 4.79 Å². The van der Waals surface area contributed by atoms with Gasteiger partial charge in [0.05, 0.1) is 22.5 Å². The van der Waals surface area contributed by atoms with Gasteiger partial charge in [-0.25, -0.2) is 4.98 Å². The number of oxime groups is 1. The molecular weight excluding hydrogens is 268 g/mol. The van der Waals surface area contributed by atoms with Crippen molar-refractivity contribution in [1.29, 1.82) is 0 Å². The number of carbonyl (C=O) groups excluding carboxylic acids is 1. The van der Waals surface area contributed by atoms with Crippen LogP contribution < -0.4 is 11.1 Å². The van der Waals surface area contributed by atoms with Crippen LogP contribution in [-0.2, 0) is 0 Å². The van der Waals surface area contributed by atoms with E-state index in [2.05, 4.69) is 25.7 Å². The average molecular weight is 280 g/mol. The largest absolute Gasteiger partial charge is 0.409 e. The van der Waals surface area contributed by atoms with Gasteiger partial charge in [0.1, 0.15) is 10.7 Å². The molecule has 0 bridgehead atoms. The molecule has 0 spiro atoms. The predicted molar refractivity (Wildman–Crippen MR) is 70.6 cm³/mol. The van der Waals surface area contributed by atoms with Gasteiger partial charge in [0.25, 0.3) is 5.91 Å². The predicted octanol–water partition coefficient (Wildman–Crippen LogP) is 0.830. The highest BCUT2D eigenvalue weighted by Crippen LogP contribution is 2.19. The Morgan fingerprint density at radius 2 is 2.32 bits per heavy atom. The fourth-order valence-corrected chi connectivity index (χ4v) is 2.36. The van der Waals surface area contributed by atoms with Gasteiger partial charge < -0.3 is 16.3 Å². The van der Waals surface area contributed by atoms with E-state index in [-0.39, 0.29) is 17.6 Å². The Hall–Kier alpha value is -2.42. The first kappa shape index (κ1) is 13.0. The molecule has 0 fully saturated rings. The van der Waals surface area contributed by atoms with E-state index >= 15 is 0 Å². The number of carbonyl (C=O) groups is 1. The van der Waals surface area contributed by atoms with Crippen LogP contribution in [0.4, 0.5) is 5.82 Å². The van der Waals surface area contributed by atoms with Gasteiger partial charge >= 0.3 is 0 Å². The van der Waals surface area contributed by atoms with E-state index in [1.165, 1.54) is 17.5 Å². The molecule has 0 radical (unpaired) electrons. The SMILES string of the molecule is Cc1nc(C)c(C(=O)Nc2[nH]ncc2C(N)=NO)s1. The monoisotopic (exact) mass is 280 g/mol. The van der Waals surface area contributed by atoms with Crippen molar-refractivity contribution in [2.45, 2.75) is 13.8 Å². The van der Waals surface area contributed by atoms with E-state index < -0.39 is 0 Å². The molecule has 0 aliphatic carbocycles. The van der Waals surface area contributed by atoms with Crippen LogP contribution >= 0.6 is 11.3 Å². The number of hydrogen-bond acceptors (Lipinski definition) is 6. The number of H-pyrrole nitrogens is 1. The maximum Gasteiger partial charge on any atom is 0.268 e. The summed E-state index contributed by atoms with van der Waals surface area (Å²) in [7, 11) is 0. The third kappa shape index (κ3) is 2.55. The number of aromatic amines is 1. The maximum atomic E-state index is 12.1. The molecule has 100 valence electrons. The summed E-state index contributed by atoms with van der Waals surface area (Å²) in [6.07, 6.45) is 1.36. The molecule has 1 amide bonds. The van der Waals surface area contributed by atoms with Crippen LogP contribution in [-0.4, -0.2) is 32.1 Å². The summed E-state index contributed by atoms with van der Waals surface area (Å²) in [4.78, 5) is 16.8. The summed E-state index contributed by atoms with van der Waals surface area (Å²) in [5.74, 6) is -0.189. The van der Waals surface area contributed by atoms with Gasteiger partial charge in [-0.05, 0) is 13.8 Å². The molecule has 0 aliphatic heterocycles. The highest BCUT2D eigenvalue weighted by atomic mass is 32.1. The van der Waals surface area contributed by atoms with Crippen molar-refractivity contribution >= 4 is 28.9 Å². The fraction of sp³-hybridized carbons (Fsp3) is 0.200. The van der Waals surface area contributed by atoms with Crippen molar-refractivity contribution in [3.05, 3.63) is 27.3 Å². The number of nitrogens with two attached hydrogens (primary N) is 1. The Kier molecular flexibility index (Phi) is 3.47. The molecule has 0 aliphatic rings. The molecular formula is C10H12N6O2S. The number of thiazole rings is 1. The number of anilines is 1. The van der Waals surface area contributed by atoms with Crippen molar-refractivity contribution in [3.8, 4) is 0 Å². The van der Waals surface area contributed by atoms with Gasteiger partial charge in [-0.3, -0.25) is 9.89 Å². The van der Waals surface area contributed by atoms with Gasteiger partial charge in [0, 0.05) is 0 Å². The first-order chi connectivity index (χ1) is 9.02. The third-order valence-corrected chi connectivity index (χ3v) is 3.44. The molecule has 0 atom stereocenters. The lowest BCUT2D eigenvalue weighted by Gasteiger charge is -2.03. The Balaban J connectivity index is 2.25. The lowest BCUT2D eigenvalue weighted by Crippen LogP contribution is -2.18. The fourth-order valence-electron chi connectivity index (χ4n) is 1.54. The van der Waals surface area contributed by atoms with E-state index in [1.807, 2.05) is 6.92 Å². The Bertz CT molecular complexity index is 644. The van der Waals surface area contributed by atoms with E-state index in [0.717, 1.165) is 5.01 Å². The van der Waals surface area contributed by atoms with Crippen LogP contribution in [0.3, 0.4) is 0 Å². The van der Waals surface area contributed by atoms with Crippen molar-refractivity contribution in [2.75, 3.05) is 5.32 Å². The van der Waals surface area contributed by atoms with E-state index in [0.29, 0.717) is 16.1 Å². The van der Waals surface area contributed by atoms with Crippen LogP contribution in [0.15, 0.2) is 11.4 Å². The standard InChI is InChI=1S/C10H12N6O2S/c1-4-7(19-5(2)13-4)10(17)14-9-6(3-12-15-9)8(11)16-18/h3,18H,1-2H3,(H2,11,16)(H2,12,14,15,17). The molecule has 2 rings (SSSR count). The van der Waals surface area contributed by atoms with Gasteiger partial charge in [-0.1, -0.05) is 5.16 Å². The highest BCUT2D eigenvalue weighted by Gasteiger charge is 2.17. The van der Waals surface area contributed by atoms with Crippen molar-refractivity contribution in [3.63, 3.8) is 0 Å². The number of hydrogen-bond donors (Lipinski definition) is 4. The summed E-state index contributed by atoms with van der Waals surface area (Å²) < 4.78 is 0. The highest BCUT2D eigenvalue weighted by molar-refractivity contribution is 7.13. The van der Waals surface area contributed by atoms with Crippen molar-refractivity contribution < 1.29 is 10.0 Å². The minimum absolute atomic E-state index is 0.138. The zero-order valence-corrected chi connectivity index (χ0v) is 11.1. The number of amides is 1. The number of aromatic nitrogens is 3. The normalized spacial score (nSPS) is 11.6. The molecule has 5 N–H and O–H groups in total. The summed E-state index contributed by atoms with van der Waals surface area (Å²) in [6, 6.07) is 0. The summed E-state index contributed by atoms with van der Waals surface area (Å²) in [5, 5.41) is 21.2. The zero-order valence-electron chi connectivity index (χ0n) is 10.3. The summed E-state index contributed by atoms with van der Waals surface area (Å²) in [6.45, 7) is 3.59. The molecule has 0 saturated heterocycles. The third-order valence-electron chi connectivity index (χ3n) is 2.37. The van der Waals surface area contributed by atoms with E-state index in [4.69, 9.17) is 10.9 Å². The Labute approximate surface area is 112 Å². The number of amidine groups is 1. The van der Waals surface area contributed by atoms with Gasteiger partial charge in [0.2, 0.25) is 0 Å². The van der Waals surface area contributed by atoms with Crippen LogP contribution in [0.25, 0.3) is 0 Å². The van der Waals surface area contributed by atoms with Crippen molar-refractivity contribution in [1.82, 2.24) is 15.2 Å². The first-order valence-electron chi connectivity index (χ1n) is 5.29. The second-order valence-electron chi connectivity index (χ2n) is 3.75. The minimum Gasteiger partial charge on any atom is -0.409 e. The van der Waals surface area contributed by atoms with Crippen LogP contribution in [0, 0.1) is 13.8 Å². The minimum atomic E-state index is -0.320. The maximum absolute atomic E-state index is 12.1. The quantitative estimate of drug-likeness (QED) is 0.286. The molecule has 0 unspecified atom stereocenters. The molecule has 2 aromatic rings. The molecule has 2 aromatic heterocycles. The Morgan fingerprint density at radius 3 is 2.89 bits per heavy atom. The first-order valence-corrected chi connectivity index (χ1v) is 6.11. The van der Waals surface area contributed by atoms with E-state index in [1.54, 1.807) is 6.92 Å². The lowest BCUT2D eigenvalue weighted by molar-refractivity contribution is 0.102. The molecule has 0 saturated carbocycles. The lowest BCUT2D eigenvalue weighted by atomic mass is 10.3. The van der Waals surface area contributed by atoms with Gasteiger partial charge in [-0.15, -0.1) is 11.3 Å². The summed E-state index contributed by atoms with van der Waals surface area (Å²) >= 11 is 1.30. The van der Waals surface area contributed by atoms with Crippen LogP contribution in [0.1, 0.15) is 25.9 Å². The average Bonchev–Trinajstić information content (AvgIpc) is 2.95. The second-order valence-corrected chi connectivity index (χ2v) is 4.95. The molecule has 2 heterocycles. The molecule has 8 nitrogen and oxygen atoms in total. The number of nitrogens with one attached hydrogen (secondary N) is 2. The Morgan fingerprint density at radius 1 is 1.58 bits per heavy atom. The van der Waals surface area contributed by atoms with Crippen LogP contribution in [0.5, 0.6) is 0 Å². The van der Waals surface area contributed by atoms with Crippen LogP contribution in [0.2, 0.25) is 0 Å².